The van der Waals surface area contributed by atoms with E-state index in [0.29, 0.717) is 18.1 Å². The van der Waals surface area contributed by atoms with Gasteiger partial charge < -0.3 is 5.32 Å². The zero-order valence-electron chi connectivity index (χ0n) is 12.2. The van der Waals surface area contributed by atoms with Crippen LogP contribution < -0.4 is 5.32 Å². The zero-order chi connectivity index (χ0) is 12.8. The molecule has 1 aliphatic rings. The number of rotatable bonds is 6. The third-order valence-electron chi connectivity index (χ3n) is 4.19. The number of hydrogen-bond acceptors (Lipinski definition) is 3. The highest BCUT2D eigenvalue weighted by atomic mass is 32.2. The van der Waals surface area contributed by atoms with Crippen LogP contribution in [0.5, 0.6) is 0 Å². The van der Waals surface area contributed by atoms with Crippen LogP contribution >= 0.6 is 11.8 Å². The Balaban J connectivity index is 2.38. The number of hydrogen-bond donors (Lipinski definition) is 1. The molecule has 0 saturated carbocycles. The summed E-state index contributed by atoms with van der Waals surface area (Å²) in [5, 5.41) is 4.48. The fourth-order valence-corrected chi connectivity index (χ4v) is 3.73. The van der Waals surface area contributed by atoms with Crippen LogP contribution in [0.25, 0.3) is 0 Å². The van der Waals surface area contributed by atoms with Crippen LogP contribution in [0.4, 0.5) is 0 Å². The van der Waals surface area contributed by atoms with E-state index in [1.54, 1.807) is 0 Å². The average Bonchev–Trinajstić information content (AvgIpc) is 2.33. The van der Waals surface area contributed by atoms with E-state index in [0.717, 1.165) is 11.8 Å². The molecule has 1 N–H and O–H groups in total. The van der Waals surface area contributed by atoms with Gasteiger partial charge in [-0.25, -0.2) is 0 Å². The summed E-state index contributed by atoms with van der Waals surface area (Å²) < 4.78 is 0. The van der Waals surface area contributed by atoms with Crippen LogP contribution in [-0.4, -0.2) is 47.1 Å². The summed E-state index contributed by atoms with van der Waals surface area (Å²) in [5.41, 5.74) is 0. The molecular formula is C14H30N2S. The van der Waals surface area contributed by atoms with Crippen LogP contribution in [0.2, 0.25) is 0 Å². The molecule has 1 aliphatic heterocycles. The maximum atomic E-state index is 3.70. The Morgan fingerprint density at radius 1 is 1.29 bits per heavy atom. The smallest absolute Gasteiger partial charge is 0.0196 e. The number of thioether (sulfide) groups is 1. The lowest BCUT2D eigenvalue weighted by atomic mass is 10.1. The van der Waals surface area contributed by atoms with E-state index in [9.17, 15) is 0 Å². The van der Waals surface area contributed by atoms with Crippen molar-refractivity contribution in [1.29, 1.82) is 0 Å². The monoisotopic (exact) mass is 258 g/mol. The molecule has 2 nitrogen and oxygen atoms in total. The molecule has 3 unspecified atom stereocenters. The maximum absolute atomic E-state index is 3.70. The fourth-order valence-electron chi connectivity index (χ4n) is 2.61. The predicted molar refractivity (Wildman–Crippen MR) is 79.9 cm³/mol. The maximum Gasteiger partial charge on any atom is 0.0196 e. The molecule has 102 valence electrons. The summed E-state index contributed by atoms with van der Waals surface area (Å²) >= 11 is 2.12. The molecule has 0 bridgehead atoms. The first kappa shape index (κ1) is 15.3. The van der Waals surface area contributed by atoms with Crippen molar-refractivity contribution < 1.29 is 0 Å². The molecule has 1 heterocycles. The van der Waals surface area contributed by atoms with Crippen molar-refractivity contribution in [3.05, 3.63) is 0 Å². The van der Waals surface area contributed by atoms with E-state index in [-0.39, 0.29) is 0 Å². The van der Waals surface area contributed by atoms with Gasteiger partial charge in [-0.05, 0) is 26.7 Å². The van der Waals surface area contributed by atoms with Gasteiger partial charge in [0.05, 0.1) is 0 Å². The largest absolute Gasteiger partial charge is 0.312 e. The van der Waals surface area contributed by atoms with Gasteiger partial charge in [0, 0.05) is 42.2 Å². The highest BCUT2D eigenvalue weighted by Gasteiger charge is 2.28. The third-order valence-corrected chi connectivity index (χ3v) is 5.52. The summed E-state index contributed by atoms with van der Waals surface area (Å²) in [7, 11) is 0. The zero-order valence-corrected chi connectivity index (χ0v) is 13.0. The second-order valence-corrected chi connectivity index (χ2v) is 6.81. The third kappa shape index (κ3) is 4.46. The van der Waals surface area contributed by atoms with E-state index in [1.165, 1.54) is 25.1 Å². The number of nitrogens with one attached hydrogen (secondary N) is 1. The lowest BCUT2D eigenvalue weighted by Gasteiger charge is -2.41. The van der Waals surface area contributed by atoms with Crippen molar-refractivity contribution in [1.82, 2.24) is 10.2 Å². The van der Waals surface area contributed by atoms with Gasteiger partial charge in [-0.3, -0.25) is 4.90 Å². The minimum atomic E-state index is 0.661. The topological polar surface area (TPSA) is 15.3 Å². The van der Waals surface area contributed by atoms with Crippen molar-refractivity contribution in [2.45, 2.75) is 70.8 Å². The molecule has 0 aromatic rings. The van der Waals surface area contributed by atoms with Crippen LogP contribution in [0.15, 0.2) is 0 Å². The fraction of sp³-hybridized carbons (Fsp3) is 1.00. The van der Waals surface area contributed by atoms with Gasteiger partial charge in [0.2, 0.25) is 0 Å². The van der Waals surface area contributed by atoms with E-state index < -0.39 is 0 Å². The highest BCUT2D eigenvalue weighted by Crippen LogP contribution is 2.25. The SMILES string of the molecule is CCC(CC)NCC(C)N1CCSC(C)C1C. The first-order chi connectivity index (χ1) is 8.10. The summed E-state index contributed by atoms with van der Waals surface area (Å²) in [6.45, 7) is 14.0. The molecule has 0 amide bonds. The van der Waals surface area contributed by atoms with Gasteiger partial charge in [0.15, 0.2) is 0 Å². The van der Waals surface area contributed by atoms with E-state index in [4.69, 9.17) is 0 Å². The first-order valence-corrected chi connectivity index (χ1v) is 8.25. The molecule has 0 aromatic heterocycles. The van der Waals surface area contributed by atoms with Crippen LogP contribution in [-0.2, 0) is 0 Å². The normalized spacial score (nSPS) is 28.6. The van der Waals surface area contributed by atoms with Crippen molar-refractivity contribution in [2.24, 2.45) is 0 Å². The van der Waals surface area contributed by atoms with Gasteiger partial charge in [0.25, 0.3) is 0 Å². The Morgan fingerprint density at radius 2 is 1.94 bits per heavy atom. The van der Waals surface area contributed by atoms with Gasteiger partial charge in [-0.1, -0.05) is 20.8 Å². The molecule has 0 aromatic carbocycles. The lowest BCUT2D eigenvalue weighted by molar-refractivity contribution is 0.151. The van der Waals surface area contributed by atoms with E-state index >= 15 is 0 Å². The van der Waals surface area contributed by atoms with Gasteiger partial charge >= 0.3 is 0 Å². The Labute approximate surface area is 112 Å². The highest BCUT2D eigenvalue weighted by molar-refractivity contribution is 8.00. The molecule has 1 rings (SSSR count). The predicted octanol–water partition coefficient (Wildman–Crippen LogP) is 2.98. The summed E-state index contributed by atoms with van der Waals surface area (Å²) in [5.74, 6) is 1.29. The van der Waals surface area contributed by atoms with Gasteiger partial charge in [-0.2, -0.15) is 11.8 Å². The van der Waals surface area contributed by atoms with E-state index in [2.05, 4.69) is 56.6 Å². The summed E-state index contributed by atoms with van der Waals surface area (Å²) in [6, 6.07) is 2.07. The second-order valence-electron chi connectivity index (χ2n) is 5.33. The molecule has 0 spiro atoms. The number of nitrogens with zero attached hydrogens (tertiary/aromatic N) is 1. The summed E-state index contributed by atoms with van der Waals surface area (Å²) in [6.07, 6.45) is 2.48. The standard InChI is InChI=1S/C14H30N2S/c1-6-14(7-2)15-10-11(3)16-8-9-17-13(5)12(16)4/h11-15H,6-10H2,1-5H3. The summed E-state index contributed by atoms with van der Waals surface area (Å²) in [4.78, 5) is 2.68. The van der Waals surface area contributed by atoms with Crippen molar-refractivity contribution >= 4 is 11.8 Å². The molecule has 3 heteroatoms. The second kappa shape index (κ2) is 7.65. The van der Waals surface area contributed by atoms with Crippen LogP contribution in [0.3, 0.4) is 0 Å². The minimum absolute atomic E-state index is 0.661. The quantitative estimate of drug-likeness (QED) is 0.788. The van der Waals surface area contributed by atoms with Gasteiger partial charge in [0.1, 0.15) is 0 Å². The molecule has 3 atom stereocenters. The molecule has 0 aliphatic carbocycles. The Bertz CT molecular complexity index is 206. The molecular weight excluding hydrogens is 228 g/mol. The van der Waals surface area contributed by atoms with Gasteiger partial charge in [-0.15, -0.1) is 0 Å². The Morgan fingerprint density at radius 3 is 2.53 bits per heavy atom. The molecule has 1 saturated heterocycles. The van der Waals surface area contributed by atoms with Crippen LogP contribution in [0.1, 0.15) is 47.5 Å². The van der Waals surface area contributed by atoms with E-state index in [1.807, 2.05) is 0 Å². The van der Waals surface area contributed by atoms with Crippen molar-refractivity contribution in [3.8, 4) is 0 Å². The van der Waals surface area contributed by atoms with Crippen molar-refractivity contribution in [3.63, 3.8) is 0 Å². The minimum Gasteiger partial charge on any atom is -0.312 e. The Hall–Kier alpha value is 0.270. The average molecular weight is 258 g/mol. The molecule has 0 radical (unpaired) electrons. The Kier molecular flexibility index (Phi) is 6.90. The molecule has 17 heavy (non-hydrogen) atoms. The first-order valence-electron chi connectivity index (χ1n) is 7.20. The van der Waals surface area contributed by atoms with Crippen molar-refractivity contribution in [2.75, 3.05) is 18.8 Å². The lowest BCUT2D eigenvalue weighted by Crippen LogP contribution is -2.52. The van der Waals surface area contributed by atoms with Crippen LogP contribution in [0, 0.1) is 0 Å². The molecule has 1 fully saturated rings.